The molecule has 3 rings (SSSR count). The second-order valence-corrected chi connectivity index (χ2v) is 4.69. The van der Waals surface area contributed by atoms with Gasteiger partial charge in [-0.3, -0.25) is 4.79 Å². The van der Waals surface area contributed by atoms with Crippen LogP contribution in [0.1, 0.15) is 10.4 Å². The van der Waals surface area contributed by atoms with E-state index in [4.69, 9.17) is 0 Å². The number of hydrogen-bond acceptors (Lipinski definition) is 2. The summed E-state index contributed by atoms with van der Waals surface area (Å²) < 4.78 is 26.7. The van der Waals surface area contributed by atoms with Gasteiger partial charge < -0.3 is 10.1 Å². The Morgan fingerprint density at radius 2 is 1.68 bits per heavy atom. The van der Waals surface area contributed by atoms with E-state index in [2.05, 4.69) is 4.98 Å². The van der Waals surface area contributed by atoms with Crippen molar-refractivity contribution in [2.75, 3.05) is 0 Å². The average molecular weight is 301 g/mol. The lowest BCUT2D eigenvalue weighted by molar-refractivity contribution is 0.0696. The van der Waals surface area contributed by atoms with Crippen molar-refractivity contribution in [1.29, 1.82) is 0 Å². The van der Waals surface area contributed by atoms with Gasteiger partial charge in [-0.25, -0.2) is 13.6 Å². The molecule has 1 heterocycles. The number of nitrogens with one attached hydrogen (secondary N) is 1. The molecule has 110 valence electrons. The number of carboxylic acid groups (broad SMARTS) is 1. The first-order valence-corrected chi connectivity index (χ1v) is 6.33. The van der Waals surface area contributed by atoms with Gasteiger partial charge in [-0.05, 0) is 11.6 Å². The van der Waals surface area contributed by atoms with Gasteiger partial charge >= 0.3 is 5.97 Å². The summed E-state index contributed by atoms with van der Waals surface area (Å²) in [6, 6.07) is 9.85. The lowest BCUT2D eigenvalue weighted by atomic mass is 10.0. The molecule has 0 saturated heterocycles. The highest BCUT2D eigenvalue weighted by molar-refractivity contribution is 5.99. The fourth-order valence-corrected chi connectivity index (χ4v) is 2.31. The normalized spacial score (nSPS) is 10.8. The highest BCUT2D eigenvalue weighted by Crippen LogP contribution is 2.23. The number of aromatic nitrogens is 1. The molecule has 0 unspecified atom stereocenters. The summed E-state index contributed by atoms with van der Waals surface area (Å²) in [5.41, 5.74) is -0.822. The van der Waals surface area contributed by atoms with Gasteiger partial charge in [0.2, 0.25) is 5.43 Å². The minimum Gasteiger partial charge on any atom is -0.477 e. The Balaban J connectivity index is 2.46. The number of carbonyl (C=O) groups is 1. The van der Waals surface area contributed by atoms with E-state index in [1.54, 1.807) is 30.3 Å². The molecule has 4 nitrogen and oxygen atoms in total. The van der Waals surface area contributed by atoms with Gasteiger partial charge in [0.1, 0.15) is 5.56 Å². The Labute approximate surface area is 122 Å². The van der Waals surface area contributed by atoms with Crippen molar-refractivity contribution in [1.82, 2.24) is 4.98 Å². The minimum atomic E-state index is -1.44. The van der Waals surface area contributed by atoms with E-state index in [0.717, 1.165) is 6.07 Å². The summed E-state index contributed by atoms with van der Waals surface area (Å²) in [7, 11) is 0. The van der Waals surface area contributed by atoms with Gasteiger partial charge in [-0.2, -0.15) is 0 Å². The van der Waals surface area contributed by atoms with Crippen LogP contribution in [0.5, 0.6) is 0 Å². The predicted molar refractivity (Wildman–Crippen MR) is 76.9 cm³/mol. The molecule has 0 saturated carbocycles. The summed E-state index contributed by atoms with van der Waals surface area (Å²) in [5.74, 6) is -3.77. The first-order valence-electron chi connectivity index (χ1n) is 6.33. The number of fused-ring (bicyclic) bond motifs is 1. The number of carboxylic acids is 1. The zero-order valence-corrected chi connectivity index (χ0v) is 11.1. The lowest BCUT2D eigenvalue weighted by Gasteiger charge is -2.09. The Morgan fingerprint density at radius 3 is 2.32 bits per heavy atom. The number of pyridine rings is 1. The molecule has 0 aliphatic rings. The van der Waals surface area contributed by atoms with E-state index in [-0.39, 0.29) is 16.6 Å². The first kappa shape index (κ1) is 13.9. The molecule has 1 aromatic heterocycles. The molecule has 0 fully saturated rings. The number of halogens is 2. The van der Waals surface area contributed by atoms with Crippen LogP contribution in [0.2, 0.25) is 0 Å². The van der Waals surface area contributed by atoms with Crippen LogP contribution < -0.4 is 5.43 Å². The molecule has 0 aliphatic heterocycles. The Bertz CT molecular complexity index is 949. The van der Waals surface area contributed by atoms with E-state index < -0.39 is 28.6 Å². The van der Waals surface area contributed by atoms with Gasteiger partial charge in [0.05, 0.1) is 11.2 Å². The van der Waals surface area contributed by atoms with Crippen LogP contribution in [-0.2, 0) is 0 Å². The maximum Gasteiger partial charge on any atom is 0.341 e. The van der Waals surface area contributed by atoms with Gasteiger partial charge in [0.25, 0.3) is 0 Å². The van der Waals surface area contributed by atoms with E-state index in [1.807, 2.05) is 0 Å². The summed E-state index contributed by atoms with van der Waals surface area (Å²) in [6.45, 7) is 0. The number of benzene rings is 2. The summed E-state index contributed by atoms with van der Waals surface area (Å²) in [6.07, 6.45) is 0. The molecule has 2 aromatic carbocycles. The summed E-state index contributed by atoms with van der Waals surface area (Å²) in [5, 5.41) is 9.09. The fraction of sp³-hybridized carbons (Fsp3) is 0. The second kappa shape index (κ2) is 5.07. The number of aromatic carboxylic acids is 1. The van der Waals surface area contributed by atoms with Gasteiger partial charge in [-0.15, -0.1) is 0 Å². The quantitative estimate of drug-likeness (QED) is 0.763. The van der Waals surface area contributed by atoms with Crippen LogP contribution in [0.3, 0.4) is 0 Å². The highest BCUT2D eigenvalue weighted by Gasteiger charge is 2.20. The Kier molecular flexibility index (Phi) is 3.21. The Hall–Kier alpha value is -3.02. The van der Waals surface area contributed by atoms with Crippen LogP contribution in [-0.4, -0.2) is 16.1 Å². The molecule has 0 bridgehead atoms. The number of rotatable bonds is 2. The molecule has 0 amide bonds. The van der Waals surface area contributed by atoms with Crippen molar-refractivity contribution >= 4 is 16.9 Å². The zero-order valence-electron chi connectivity index (χ0n) is 11.1. The third kappa shape index (κ3) is 2.14. The van der Waals surface area contributed by atoms with Crippen molar-refractivity contribution in [2.24, 2.45) is 0 Å². The molecule has 0 radical (unpaired) electrons. The van der Waals surface area contributed by atoms with Crippen LogP contribution >= 0.6 is 0 Å². The molecule has 0 atom stereocenters. The topological polar surface area (TPSA) is 70.2 Å². The SMILES string of the molecule is O=C(O)c1c(-c2ccccc2)[nH]c2cc(F)c(F)cc2c1=O. The third-order valence-corrected chi connectivity index (χ3v) is 3.32. The van der Waals surface area contributed by atoms with Crippen LogP contribution in [0.4, 0.5) is 8.78 Å². The van der Waals surface area contributed by atoms with Gasteiger partial charge in [0.15, 0.2) is 11.6 Å². The van der Waals surface area contributed by atoms with Crippen molar-refractivity contribution < 1.29 is 18.7 Å². The molecule has 6 heteroatoms. The second-order valence-electron chi connectivity index (χ2n) is 4.69. The van der Waals surface area contributed by atoms with Crippen molar-refractivity contribution in [3.8, 4) is 11.3 Å². The maximum atomic E-state index is 13.4. The van der Waals surface area contributed by atoms with E-state index >= 15 is 0 Å². The summed E-state index contributed by atoms with van der Waals surface area (Å²) in [4.78, 5) is 26.5. The van der Waals surface area contributed by atoms with E-state index in [1.165, 1.54) is 0 Å². The molecule has 0 aliphatic carbocycles. The number of hydrogen-bond donors (Lipinski definition) is 2. The fourth-order valence-electron chi connectivity index (χ4n) is 2.31. The average Bonchev–Trinajstić information content (AvgIpc) is 2.49. The first-order chi connectivity index (χ1) is 10.5. The van der Waals surface area contributed by atoms with Crippen LogP contribution in [0.15, 0.2) is 47.3 Å². The van der Waals surface area contributed by atoms with E-state index in [9.17, 15) is 23.5 Å². The standard InChI is InChI=1S/C16H9F2NO3/c17-10-6-9-12(7-11(10)18)19-14(8-4-2-1-3-5-8)13(15(9)20)16(21)22/h1-7H,(H,19,20)(H,21,22). The zero-order chi connectivity index (χ0) is 15.9. The molecule has 0 spiro atoms. The number of H-pyrrole nitrogens is 1. The third-order valence-electron chi connectivity index (χ3n) is 3.32. The Morgan fingerprint density at radius 1 is 1.05 bits per heavy atom. The lowest BCUT2D eigenvalue weighted by Crippen LogP contribution is -2.18. The van der Waals surface area contributed by atoms with E-state index in [0.29, 0.717) is 11.6 Å². The smallest absolute Gasteiger partial charge is 0.341 e. The predicted octanol–water partition coefficient (Wildman–Crippen LogP) is 3.17. The molecular formula is C16H9F2NO3. The van der Waals surface area contributed by atoms with Crippen molar-refractivity contribution in [3.63, 3.8) is 0 Å². The molecule has 3 aromatic rings. The van der Waals surface area contributed by atoms with Gasteiger partial charge in [0, 0.05) is 11.5 Å². The largest absolute Gasteiger partial charge is 0.477 e. The van der Waals surface area contributed by atoms with Crippen molar-refractivity contribution in [3.05, 3.63) is 69.9 Å². The highest BCUT2D eigenvalue weighted by atomic mass is 19.2. The van der Waals surface area contributed by atoms with Crippen LogP contribution in [0.25, 0.3) is 22.2 Å². The summed E-state index contributed by atoms with van der Waals surface area (Å²) >= 11 is 0. The molecule has 22 heavy (non-hydrogen) atoms. The van der Waals surface area contributed by atoms with Gasteiger partial charge in [-0.1, -0.05) is 30.3 Å². The molecule has 2 N–H and O–H groups in total. The van der Waals surface area contributed by atoms with Crippen molar-refractivity contribution in [2.45, 2.75) is 0 Å². The molecular weight excluding hydrogens is 292 g/mol. The van der Waals surface area contributed by atoms with Crippen LogP contribution in [0, 0.1) is 11.6 Å². The maximum absolute atomic E-state index is 13.4. The number of aromatic amines is 1. The monoisotopic (exact) mass is 301 g/mol. The minimum absolute atomic E-state index is 0.0350.